The van der Waals surface area contributed by atoms with Gasteiger partial charge in [-0.15, -0.1) is 0 Å². The van der Waals surface area contributed by atoms with Gasteiger partial charge in [-0.05, 0) is 6.42 Å². The first-order valence-corrected chi connectivity index (χ1v) is 4.39. The molecule has 0 atom stereocenters. The molecule has 0 aromatic carbocycles. The lowest BCUT2D eigenvalue weighted by molar-refractivity contribution is -0.304. The molecule has 0 nitrogen and oxygen atoms in total. The molecule has 0 N–H and O–H groups in total. The Labute approximate surface area is 89.6 Å². The number of hydrogen-bond acceptors (Lipinski definition) is 0. The van der Waals surface area contributed by atoms with E-state index in [2.05, 4.69) is 13.2 Å². The van der Waals surface area contributed by atoms with E-state index in [1.807, 2.05) is 0 Å². The lowest BCUT2D eigenvalue weighted by atomic mass is 9.99. The third-order valence-electron chi connectivity index (χ3n) is 2.06. The molecule has 0 unspecified atom stereocenters. The molecular formula is C10H12F6. The van der Waals surface area contributed by atoms with Crippen molar-refractivity contribution in [3.63, 3.8) is 0 Å². The molecule has 0 aromatic rings. The van der Waals surface area contributed by atoms with Gasteiger partial charge in [0.15, 0.2) is 0 Å². The Morgan fingerprint density at radius 1 is 1.12 bits per heavy atom. The Kier molecular flexibility index (Phi) is 4.24. The molecule has 0 aromatic heterocycles. The lowest BCUT2D eigenvalue weighted by Crippen LogP contribution is -2.52. The second-order valence-electron chi connectivity index (χ2n) is 3.53. The van der Waals surface area contributed by atoms with E-state index >= 15 is 0 Å². The van der Waals surface area contributed by atoms with Crippen LogP contribution in [0.1, 0.15) is 19.8 Å². The molecule has 94 valence electrons. The summed E-state index contributed by atoms with van der Waals surface area (Å²) in [5, 5.41) is 0. The van der Waals surface area contributed by atoms with E-state index in [0.717, 1.165) is 6.08 Å². The van der Waals surface area contributed by atoms with E-state index < -0.39 is 30.6 Å². The highest BCUT2D eigenvalue weighted by atomic mass is 19.3. The van der Waals surface area contributed by atoms with Crippen molar-refractivity contribution >= 4 is 0 Å². The Hall–Kier alpha value is -0.940. The number of allylic oxidation sites excluding steroid dienone is 2. The SMILES string of the molecule is C=CC(=C)CCC(F)(F)C(F)(F)C(C)(F)F. The summed E-state index contributed by atoms with van der Waals surface area (Å²) < 4.78 is 75.9. The molecule has 0 saturated carbocycles. The predicted octanol–water partition coefficient (Wildman–Crippen LogP) is 4.43. The first-order valence-electron chi connectivity index (χ1n) is 4.39. The van der Waals surface area contributed by atoms with Gasteiger partial charge in [0.2, 0.25) is 0 Å². The zero-order chi connectivity index (χ0) is 13.2. The maximum Gasteiger partial charge on any atom is 0.371 e. The van der Waals surface area contributed by atoms with Crippen LogP contribution in [0.25, 0.3) is 0 Å². The molecule has 0 rings (SSSR count). The molecule has 0 spiro atoms. The van der Waals surface area contributed by atoms with Gasteiger partial charge < -0.3 is 0 Å². The highest BCUT2D eigenvalue weighted by Gasteiger charge is 2.68. The summed E-state index contributed by atoms with van der Waals surface area (Å²) in [5.41, 5.74) is 0.0925. The second kappa shape index (κ2) is 4.51. The zero-order valence-corrected chi connectivity index (χ0v) is 8.67. The van der Waals surface area contributed by atoms with Crippen LogP contribution in [0.15, 0.2) is 24.8 Å². The van der Waals surface area contributed by atoms with Crippen molar-refractivity contribution in [2.75, 3.05) is 0 Å². The minimum Gasteiger partial charge on any atom is -0.200 e. The van der Waals surface area contributed by atoms with Gasteiger partial charge in [0.05, 0.1) is 0 Å². The Morgan fingerprint density at radius 3 is 1.88 bits per heavy atom. The third kappa shape index (κ3) is 3.02. The van der Waals surface area contributed by atoms with Crippen LogP contribution < -0.4 is 0 Å². The molecule has 0 aliphatic heterocycles. The van der Waals surface area contributed by atoms with E-state index in [4.69, 9.17) is 0 Å². The Bertz CT molecular complexity index is 274. The average Bonchev–Trinajstić information content (AvgIpc) is 2.12. The van der Waals surface area contributed by atoms with Crippen molar-refractivity contribution in [2.24, 2.45) is 0 Å². The van der Waals surface area contributed by atoms with Crippen LogP contribution in [0.5, 0.6) is 0 Å². The van der Waals surface area contributed by atoms with Gasteiger partial charge >= 0.3 is 17.8 Å². The van der Waals surface area contributed by atoms with E-state index in [-0.39, 0.29) is 12.5 Å². The molecule has 0 bridgehead atoms. The maximum absolute atomic E-state index is 12.9. The second-order valence-corrected chi connectivity index (χ2v) is 3.53. The molecular weight excluding hydrogens is 234 g/mol. The highest BCUT2D eigenvalue weighted by molar-refractivity contribution is 5.11. The summed E-state index contributed by atoms with van der Waals surface area (Å²) in [7, 11) is 0. The first-order chi connectivity index (χ1) is 6.95. The minimum atomic E-state index is -5.37. The number of halogens is 6. The highest BCUT2D eigenvalue weighted by Crippen LogP contribution is 2.47. The van der Waals surface area contributed by atoms with Crippen molar-refractivity contribution in [1.82, 2.24) is 0 Å². The molecule has 0 fully saturated rings. The summed E-state index contributed by atoms with van der Waals surface area (Å²) in [6.45, 7) is 6.20. The van der Waals surface area contributed by atoms with Gasteiger partial charge in [0.25, 0.3) is 0 Å². The van der Waals surface area contributed by atoms with Gasteiger partial charge in [-0.25, -0.2) is 0 Å². The van der Waals surface area contributed by atoms with Crippen LogP contribution in [0.2, 0.25) is 0 Å². The van der Waals surface area contributed by atoms with Crippen LogP contribution in [0, 0.1) is 0 Å². The summed E-state index contributed by atoms with van der Waals surface area (Å²) >= 11 is 0. The molecule has 0 saturated heterocycles. The first kappa shape index (κ1) is 15.1. The van der Waals surface area contributed by atoms with Gasteiger partial charge in [-0.3, -0.25) is 0 Å². The van der Waals surface area contributed by atoms with E-state index in [1.165, 1.54) is 0 Å². The normalized spacial score (nSPS) is 13.7. The fourth-order valence-electron chi connectivity index (χ4n) is 0.898. The quantitative estimate of drug-likeness (QED) is 0.480. The summed E-state index contributed by atoms with van der Waals surface area (Å²) in [4.78, 5) is 0. The van der Waals surface area contributed by atoms with Gasteiger partial charge in [0, 0.05) is 13.3 Å². The largest absolute Gasteiger partial charge is 0.371 e. The molecule has 16 heavy (non-hydrogen) atoms. The summed E-state index contributed by atoms with van der Waals surface area (Å²) in [5.74, 6) is -14.9. The van der Waals surface area contributed by atoms with Gasteiger partial charge in [-0.2, -0.15) is 26.3 Å². The van der Waals surface area contributed by atoms with E-state index in [1.54, 1.807) is 0 Å². The number of alkyl halides is 6. The molecule has 0 aliphatic rings. The van der Waals surface area contributed by atoms with Crippen molar-refractivity contribution in [3.8, 4) is 0 Å². The predicted molar refractivity (Wildman–Crippen MR) is 49.1 cm³/mol. The van der Waals surface area contributed by atoms with Crippen LogP contribution >= 0.6 is 0 Å². The third-order valence-corrected chi connectivity index (χ3v) is 2.06. The number of rotatable bonds is 6. The number of hydrogen-bond donors (Lipinski definition) is 0. The van der Waals surface area contributed by atoms with Crippen molar-refractivity contribution in [3.05, 3.63) is 24.8 Å². The molecule has 0 radical (unpaired) electrons. The van der Waals surface area contributed by atoms with E-state index in [0.29, 0.717) is 0 Å². The maximum atomic E-state index is 12.9. The van der Waals surface area contributed by atoms with Gasteiger partial charge in [-0.1, -0.05) is 24.8 Å². The summed E-state index contributed by atoms with van der Waals surface area (Å²) in [6.07, 6.45) is -0.797. The average molecular weight is 246 g/mol. The topological polar surface area (TPSA) is 0 Å². The molecule has 0 amide bonds. The standard InChI is InChI=1S/C10H12F6/c1-4-7(2)5-6-9(13,14)10(15,16)8(3,11)12/h4H,1-2,5-6H2,3H3. The van der Waals surface area contributed by atoms with Gasteiger partial charge in [0.1, 0.15) is 0 Å². The molecule has 0 heterocycles. The van der Waals surface area contributed by atoms with Crippen LogP contribution in [0.3, 0.4) is 0 Å². The van der Waals surface area contributed by atoms with Crippen LogP contribution in [0.4, 0.5) is 26.3 Å². The van der Waals surface area contributed by atoms with E-state index in [9.17, 15) is 26.3 Å². The molecule has 6 heteroatoms. The summed E-state index contributed by atoms with van der Waals surface area (Å²) in [6, 6.07) is 0. The van der Waals surface area contributed by atoms with Crippen molar-refractivity contribution < 1.29 is 26.3 Å². The van der Waals surface area contributed by atoms with Crippen LogP contribution in [-0.2, 0) is 0 Å². The van der Waals surface area contributed by atoms with Crippen molar-refractivity contribution in [1.29, 1.82) is 0 Å². The van der Waals surface area contributed by atoms with Crippen molar-refractivity contribution in [2.45, 2.75) is 37.5 Å². The molecule has 0 aliphatic carbocycles. The Morgan fingerprint density at radius 2 is 1.56 bits per heavy atom. The monoisotopic (exact) mass is 246 g/mol. The Balaban J connectivity index is 4.78. The zero-order valence-electron chi connectivity index (χ0n) is 8.67. The lowest BCUT2D eigenvalue weighted by Gasteiger charge is -2.30. The van der Waals surface area contributed by atoms with Crippen LogP contribution in [-0.4, -0.2) is 17.8 Å². The smallest absolute Gasteiger partial charge is 0.200 e. The fourth-order valence-corrected chi connectivity index (χ4v) is 0.898. The fraction of sp³-hybridized carbons (Fsp3) is 0.600. The minimum absolute atomic E-state index is 0.0925.